The molecule has 0 atom stereocenters. The lowest BCUT2D eigenvalue weighted by atomic mass is 10.2. The van der Waals surface area contributed by atoms with Gasteiger partial charge in [-0.1, -0.05) is 12.8 Å². The van der Waals surface area contributed by atoms with Crippen LogP contribution in [-0.4, -0.2) is 30.1 Å². The summed E-state index contributed by atoms with van der Waals surface area (Å²) < 4.78 is 0. The molecule has 2 heterocycles. The smallest absolute Gasteiger partial charge is 0.134 e. The van der Waals surface area contributed by atoms with Crippen LogP contribution >= 0.6 is 0 Å². The predicted octanol–water partition coefficient (Wildman–Crippen LogP) is 1.90. The molecule has 0 bridgehead atoms. The SMILES string of the molecule is CNc1cc(N2CCCCCC2)ncn1. The Morgan fingerprint density at radius 1 is 1.13 bits per heavy atom. The molecule has 1 saturated heterocycles. The van der Waals surface area contributed by atoms with Crippen molar-refractivity contribution in [2.45, 2.75) is 25.7 Å². The molecule has 0 unspecified atom stereocenters. The zero-order chi connectivity index (χ0) is 10.5. The first kappa shape index (κ1) is 10.2. The van der Waals surface area contributed by atoms with Crippen molar-refractivity contribution in [1.82, 2.24) is 9.97 Å². The van der Waals surface area contributed by atoms with Crippen molar-refractivity contribution in [3.05, 3.63) is 12.4 Å². The Morgan fingerprint density at radius 3 is 2.53 bits per heavy atom. The minimum Gasteiger partial charge on any atom is -0.373 e. The minimum atomic E-state index is 0.893. The van der Waals surface area contributed by atoms with Crippen molar-refractivity contribution < 1.29 is 0 Å². The molecule has 1 N–H and O–H groups in total. The third kappa shape index (κ3) is 2.58. The van der Waals surface area contributed by atoms with Crippen molar-refractivity contribution in [3.63, 3.8) is 0 Å². The van der Waals surface area contributed by atoms with Gasteiger partial charge in [-0.05, 0) is 12.8 Å². The molecule has 0 aliphatic carbocycles. The Labute approximate surface area is 90.7 Å². The lowest BCUT2D eigenvalue weighted by Crippen LogP contribution is -2.25. The van der Waals surface area contributed by atoms with Crippen LogP contribution in [0.5, 0.6) is 0 Å². The second-order valence-electron chi connectivity index (χ2n) is 3.91. The Bertz CT molecular complexity index is 305. The summed E-state index contributed by atoms with van der Waals surface area (Å²) in [6, 6.07) is 2.02. The van der Waals surface area contributed by atoms with Gasteiger partial charge in [-0.3, -0.25) is 0 Å². The van der Waals surface area contributed by atoms with Crippen molar-refractivity contribution in [1.29, 1.82) is 0 Å². The summed E-state index contributed by atoms with van der Waals surface area (Å²) in [7, 11) is 1.88. The van der Waals surface area contributed by atoms with Crippen molar-refractivity contribution in [2.75, 3.05) is 30.4 Å². The Hall–Kier alpha value is -1.32. The maximum Gasteiger partial charge on any atom is 0.134 e. The average molecular weight is 206 g/mol. The van der Waals surface area contributed by atoms with Crippen LogP contribution < -0.4 is 10.2 Å². The molecule has 1 fully saturated rings. The van der Waals surface area contributed by atoms with E-state index in [1.807, 2.05) is 13.1 Å². The van der Waals surface area contributed by atoms with E-state index >= 15 is 0 Å². The van der Waals surface area contributed by atoms with E-state index in [1.54, 1.807) is 6.33 Å². The highest BCUT2D eigenvalue weighted by Gasteiger charge is 2.11. The zero-order valence-corrected chi connectivity index (χ0v) is 9.24. The molecule has 82 valence electrons. The van der Waals surface area contributed by atoms with Crippen molar-refractivity contribution in [2.24, 2.45) is 0 Å². The first-order chi connectivity index (χ1) is 7.40. The first-order valence-corrected chi connectivity index (χ1v) is 5.65. The molecular weight excluding hydrogens is 188 g/mol. The standard InChI is InChI=1S/C11H18N4/c1-12-10-8-11(14-9-13-10)15-6-4-2-3-5-7-15/h8-9H,2-7H2,1H3,(H,12,13,14). The molecule has 0 amide bonds. The van der Waals surface area contributed by atoms with Crippen molar-refractivity contribution >= 4 is 11.6 Å². The minimum absolute atomic E-state index is 0.893. The van der Waals surface area contributed by atoms with Gasteiger partial charge in [-0.2, -0.15) is 0 Å². The quantitative estimate of drug-likeness (QED) is 0.802. The van der Waals surface area contributed by atoms with Gasteiger partial charge in [-0.15, -0.1) is 0 Å². The van der Waals surface area contributed by atoms with Crippen LogP contribution in [0.15, 0.2) is 12.4 Å². The monoisotopic (exact) mass is 206 g/mol. The fraction of sp³-hybridized carbons (Fsp3) is 0.636. The highest BCUT2D eigenvalue weighted by atomic mass is 15.2. The molecular formula is C11H18N4. The van der Waals surface area contributed by atoms with E-state index in [4.69, 9.17) is 0 Å². The van der Waals surface area contributed by atoms with Crippen molar-refractivity contribution in [3.8, 4) is 0 Å². The van der Waals surface area contributed by atoms with Gasteiger partial charge in [0.2, 0.25) is 0 Å². The van der Waals surface area contributed by atoms with E-state index in [2.05, 4.69) is 20.2 Å². The number of aromatic nitrogens is 2. The molecule has 0 aromatic carbocycles. The lowest BCUT2D eigenvalue weighted by Gasteiger charge is -2.21. The van der Waals surface area contributed by atoms with Crippen LogP contribution in [0.25, 0.3) is 0 Å². The first-order valence-electron chi connectivity index (χ1n) is 5.65. The summed E-state index contributed by atoms with van der Waals surface area (Å²) in [4.78, 5) is 10.8. The molecule has 4 nitrogen and oxygen atoms in total. The zero-order valence-electron chi connectivity index (χ0n) is 9.24. The topological polar surface area (TPSA) is 41.0 Å². The summed E-state index contributed by atoms with van der Waals surface area (Å²) in [6.45, 7) is 2.25. The third-order valence-corrected chi connectivity index (χ3v) is 2.84. The molecule has 0 spiro atoms. The second kappa shape index (κ2) is 4.96. The molecule has 15 heavy (non-hydrogen) atoms. The maximum atomic E-state index is 4.33. The van der Waals surface area contributed by atoms with Crippen LogP contribution in [0.3, 0.4) is 0 Å². The van der Waals surface area contributed by atoms with Gasteiger partial charge >= 0.3 is 0 Å². The number of anilines is 2. The van der Waals surface area contributed by atoms with Crippen LogP contribution in [0.2, 0.25) is 0 Å². The number of rotatable bonds is 2. The number of hydrogen-bond acceptors (Lipinski definition) is 4. The highest BCUT2D eigenvalue weighted by Crippen LogP contribution is 2.18. The van der Waals surface area contributed by atoms with Crippen LogP contribution in [0.4, 0.5) is 11.6 Å². The molecule has 0 radical (unpaired) electrons. The fourth-order valence-electron chi connectivity index (χ4n) is 1.96. The average Bonchev–Trinajstić information content (AvgIpc) is 2.58. The largest absolute Gasteiger partial charge is 0.373 e. The van der Waals surface area contributed by atoms with Gasteiger partial charge in [-0.25, -0.2) is 9.97 Å². The summed E-state index contributed by atoms with van der Waals surface area (Å²) in [5.74, 6) is 1.94. The third-order valence-electron chi connectivity index (χ3n) is 2.84. The van der Waals surface area contributed by atoms with E-state index in [0.717, 1.165) is 24.7 Å². The van der Waals surface area contributed by atoms with Gasteiger partial charge in [0.1, 0.15) is 18.0 Å². The van der Waals surface area contributed by atoms with E-state index in [9.17, 15) is 0 Å². The van der Waals surface area contributed by atoms with Gasteiger partial charge in [0.15, 0.2) is 0 Å². The Balaban J connectivity index is 2.12. The van der Waals surface area contributed by atoms with Crippen LogP contribution in [0.1, 0.15) is 25.7 Å². The number of nitrogens with zero attached hydrogens (tertiary/aromatic N) is 3. The van der Waals surface area contributed by atoms with Gasteiger partial charge in [0.05, 0.1) is 0 Å². The van der Waals surface area contributed by atoms with Crippen LogP contribution in [0, 0.1) is 0 Å². The number of nitrogens with one attached hydrogen (secondary N) is 1. The Morgan fingerprint density at radius 2 is 1.87 bits per heavy atom. The number of hydrogen-bond donors (Lipinski definition) is 1. The van der Waals surface area contributed by atoms with Gasteiger partial charge in [0.25, 0.3) is 0 Å². The maximum absolute atomic E-state index is 4.33. The second-order valence-corrected chi connectivity index (χ2v) is 3.91. The molecule has 1 aromatic rings. The van der Waals surface area contributed by atoms with E-state index in [0.29, 0.717) is 0 Å². The highest BCUT2D eigenvalue weighted by molar-refractivity contribution is 5.48. The summed E-state index contributed by atoms with van der Waals surface area (Å²) >= 11 is 0. The normalized spacial score (nSPS) is 17.3. The molecule has 1 aliphatic heterocycles. The van der Waals surface area contributed by atoms with E-state index in [1.165, 1.54) is 25.7 Å². The van der Waals surface area contributed by atoms with E-state index < -0.39 is 0 Å². The predicted molar refractivity (Wildman–Crippen MR) is 62.3 cm³/mol. The summed E-state index contributed by atoms with van der Waals surface area (Å²) in [6.07, 6.45) is 6.88. The van der Waals surface area contributed by atoms with E-state index in [-0.39, 0.29) is 0 Å². The van der Waals surface area contributed by atoms with Gasteiger partial charge < -0.3 is 10.2 Å². The molecule has 2 rings (SSSR count). The summed E-state index contributed by atoms with van der Waals surface area (Å²) in [5.41, 5.74) is 0. The Kier molecular flexibility index (Phi) is 3.37. The fourth-order valence-corrected chi connectivity index (χ4v) is 1.96. The molecule has 1 aromatic heterocycles. The molecule has 0 saturated carbocycles. The van der Waals surface area contributed by atoms with Crippen LogP contribution in [-0.2, 0) is 0 Å². The summed E-state index contributed by atoms with van der Waals surface area (Å²) in [5, 5.41) is 3.04. The lowest BCUT2D eigenvalue weighted by molar-refractivity contribution is 0.726. The molecule has 1 aliphatic rings. The molecule has 4 heteroatoms. The van der Waals surface area contributed by atoms with Gasteiger partial charge in [0, 0.05) is 26.2 Å².